The van der Waals surface area contributed by atoms with Gasteiger partial charge >= 0.3 is 0 Å². The van der Waals surface area contributed by atoms with Gasteiger partial charge in [0.05, 0.1) is 6.61 Å². The van der Waals surface area contributed by atoms with Crippen molar-refractivity contribution in [1.29, 1.82) is 0 Å². The number of rotatable bonds is 7. The number of hydrogen-bond donors (Lipinski definition) is 0. The fourth-order valence-electron chi connectivity index (χ4n) is 4.06. The van der Waals surface area contributed by atoms with E-state index in [2.05, 4.69) is 62.0 Å². The smallest absolute Gasteiger partial charge is 0.189 e. The molecule has 2 aliphatic rings. The summed E-state index contributed by atoms with van der Waals surface area (Å²) in [5, 5.41) is 0. The molecule has 0 radical (unpaired) electrons. The van der Waals surface area contributed by atoms with Gasteiger partial charge in [-0.2, -0.15) is 0 Å². The lowest BCUT2D eigenvalue weighted by atomic mass is 9.58. The molecule has 27 heavy (non-hydrogen) atoms. The van der Waals surface area contributed by atoms with Crippen molar-refractivity contribution < 1.29 is 14.2 Å². The molecule has 0 atom stereocenters. The first-order valence-corrected chi connectivity index (χ1v) is 9.92. The fourth-order valence-corrected chi connectivity index (χ4v) is 4.06. The fraction of sp³-hybridized carbons (Fsp3) is 0.417. The summed E-state index contributed by atoms with van der Waals surface area (Å²) >= 11 is 0. The number of allylic oxidation sites excluding steroid dienone is 1. The standard InChI is InChI=1S/C24H28O3/c1-4-5-14-25-22-12-10-21(11-13-22)24(15-17(2)16-24)20-8-6-19(7-9-20)23-26-18(3)27-23/h6-13,18,23H,2,4-5,14-16H2,1,3H3. The Morgan fingerprint density at radius 3 is 2.11 bits per heavy atom. The first-order chi connectivity index (χ1) is 13.1. The van der Waals surface area contributed by atoms with Gasteiger partial charge in [-0.25, -0.2) is 0 Å². The summed E-state index contributed by atoms with van der Waals surface area (Å²) in [6.07, 6.45) is 3.90. The van der Waals surface area contributed by atoms with Gasteiger partial charge in [0, 0.05) is 11.0 Å². The Morgan fingerprint density at radius 2 is 1.59 bits per heavy atom. The van der Waals surface area contributed by atoms with Crippen LogP contribution in [0.5, 0.6) is 5.75 Å². The topological polar surface area (TPSA) is 27.7 Å². The molecule has 3 nitrogen and oxygen atoms in total. The minimum Gasteiger partial charge on any atom is -0.494 e. The van der Waals surface area contributed by atoms with Crippen LogP contribution in [0, 0.1) is 0 Å². The van der Waals surface area contributed by atoms with Gasteiger partial charge in [0.25, 0.3) is 0 Å². The Bertz CT molecular complexity index is 777. The van der Waals surface area contributed by atoms with Gasteiger partial charge in [0.15, 0.2) is 12.6 Å². The largest absolute Gasteiger partial charge is 0.494 e. The predicted molar refractivity (Wildman–Crippen MR) is 107 cm³/mol. The Balaban J connectivity index is 1.53. The zero-order valence-electron chi connectivity index (χ0n) is 16.2. The Morgan fingerprint density at radius 1 is 1.00 bits per heavy atom. The number of unbranched alkanes of at least 4 members (excludes halogenated alkanes) is 1. The molecule has 0 spiro atoms. The van der Waals surface area contributed by atoms with E-state index in [1.54, 1.807) is 0 Å². The van der Waals surface area contributed by atoms with Crippen molar-refractivity contribution >= 4 is 0 Å². The Kier molecular flexibility index (Phi) is 5.07. The van der Waals surface area contributed by atoms with Crippen LogP contribution in [-0.2, 0) is 14.9 Å². The third kappa shape index (κ3) is 3.54. The number of ether oxygens (including phenoxy) is 3. The SMILES string of the molecule is C=C1CC(c2ccc(OCCCC)cc2)(c2ccc(C3OC(C)O3)cc2)C1. The van der Waals surface area contributed by atoms with Crippen LogP contribution in [-0.4, -0.2) is 12.9 Å². The van der Waals surface area contributed by atoms with E-state index >= 15 is 0 Å². The van der Waals surface area contributed by atoms with E-state index in [1.165, 1.54) is 16.7 Å². The number of benzene rings is 2. The molecule has 0 unspecified atom stereocenters. The zero-order valence-corrected chi connectivity index (χ0v) is 16.2. The van der Waals surface area contributed by atoms with Crippen molar-refractivity contribution in [3.63, 3.8) is 0 Å². The first-order valence-electron chi connectivity index (χ1n) is 9.92. The molecule has 0 bridgehead atoms. The van der Waals surface area contributed by atoms with Crippen LogP contribution in [0.3, 0.4) is 0 Å². The average Bonchev–Trinajstić information content (AvgIpc) is 2.64. The minimum atomic E-state index is -0.221. The van der Waals surface area contributed by atoms with E-state index in [0.29, 0.717) is 0 Å². The van der Waals surface area contributed by atoms with Crippen LogP contribution in [0.2, 0.25) is 0 Å². The molecular weight excluding hydrogens is 336 g/mol. The molecular formula is C24H28O3. The maximum Gasteiger partial charge on any atom is 0.189 e. The van der Waals surface area contributed by atoms with Gasteiger partial charge in [-0.3, -0.25) is 0 Å². The van der Waals surface area contributed by atoms with Gasteiger partial charge in [-0.05, 0) is 49.4 Å². The molecule has 1 aliphatic heterocycles. The lowest BCUT2D eigenvalue weighted by Gasteiger charge is -2.45. The van der Waals surface area contributed by atoms with Crippen molar-refractivity contribution in [2.45, 2.75) is 57.5 Å². The Labute approximate surface area is 162 Å². The van der Waals surface area contributed by atoms with Crippen LogP contribution in [0.25, 0.3) is 0 Å². The summed E-state index contributed by atoms with van der Waals surface area (Å²) in [5.41, 5.74) is 5.05. The molecule has 1 aliphatic carbocycles. The molecule has 142 valence electrons. The molecule has 1 saturated heterocycles. The first kappa shape index (κ1) is 18.3. The van der Waals surface area contributed by atoms with E-state index in [4.69, 9.17) is 14.2 Å². The molecule has 1 heterocycles. The summed E-state index contributed by atoms with van der Waals surface area (Å²) in [6, 6.07) is 17.3. The maximum absolute atomic E-state index is 5.82. The average molecular weight is 364 g/mol. The van der Waals surface area contributed by atoms with Crippen LogP contribution < -0.4 is 4.74 Å². The van der Waals surface area contributed by atoms with Crippen molar-refractivity contribution in [3.8, 4) is 5.75 Å². The van der Waals surface area contributed by atoms with E-state index in [9.17, 15) is 0 Å². The van der Waals surface area contributed by atoms with Gasteiger partial charge in [-0.15, -0.1) is 0 Å². The maximum atomic E-state index is 5.82. The highest BCUT2D eigenvalue weighted by atomic mass is 16.9. The van der Waals surface area contributed by atoms with Crippen LogP contribution in [0.15, 0.2) is 60.7 Å². The third-order valence-corrected chi connectivity index (χ3v) is 5.64. The quantitative estimate of drug-likeness (QED) is 0.453. The summed E-state index contributed by atoms with van der Waals surface area (Å²) in [7, 11) is 0. The van der Waals surface area contributed by atoms with Crippen molar-refractivity contribution in [2.75, 3.05) is 6.61 Å². The van der Waals surface area contributed by atoms with Crippen molar-refractivity contribution in [1.82, 2.24) is 0 Å². The molecule has 4 rings (SSSR count). The summed E-state index contributed by atoms with van der Waals surface area (Å²) in [4.78, 5) is 0. The third-order valence-electron chi connectivity index (χ3n) is 5.64. The van der Waals surface area contributed by atoms with Gasteiger partial charge < -0.3 is 14.2 Å². The number of hydrogen-bond acceptors (Lipinski definition) is 3. The molecule has 0 aromatic heterocycles. The second kappa shape index (κ2) is 7.49. The summed E-state index contributed by atoms with van der Waals surface area (Å²) in [5.74, 6) is 0.948. The van der Waals surface area contributed by atoms with Crippen molar-refractivity contribution in [3.05, 3.63) is 77.4 Å². The van der Waals surface area contributed by atoms with Gasteiger partial charge in [-0.1, -0.05) is 61.9 Å². The molecule has 1 saturated carbocycles. The zero-order chi connectivity index (χ0) is 18.9. The Hall–Kier alpha value is -2.10. The van der Waals surface area contributed by atoms with Crippen LogP contribution in [0.1, 0.15) is 62.5 Å². The van der Waals surface area contributed by atoms with Crippen LogP contribution >= 0.6 is 0 Å². The summed E-state index contributed by atoms with van der Waals surface area (Å²) < 4.78 is 17.0. The lowest BCUT2D eigenvalue weighted by Crippen LogP contribution is -2.37. The van der Waals surface area contributed by atoms with Gasteiger partial charge in [0.2, 0.25) is 0 Å². The minimum absolute atomic E-state index is 0.0200. The van der Waals surface area contributed by atoms with E-state index in [1.807, 2.05) is 6.92 Å². The molecule has 2 aromatic carbocycles. The molecule has 2 aromatic rings. The molecule has 3 heteroatoms. The normalized spacial score (nSPS) is 23.4. The van der Waals surface area contributed by atoms with Gasteiger partial charge in [0.1, 0.15) is 5.75 Å². The van der Waals surface area contributed by atoms with E-state index in [-0.39, 0.29) is 18.0 Å². The monoisotopic (exact) mass is 364 g/mol. The van der Waals surface area contributed by atoms with Crippen molar-refractivity contribution in [2.24, 2.45) is 0 Å². The highest BCUT2D eigenvalue weighted by Crippen LogP contribution is 2.52. The second-order valence-electron chi connectivity index (χ2n) is 7.71. The highest BCUT2D eigenvalue weighted by Gasteiger charge is 2.43. The highest BCUT2D eigenvalue weighted by molar-refractivity contribution is 5.49. The predicted octanol–water partition coefficient (Wildman–Crippen LogP) is 5.89. The molecule has 2 fully saturated rings. The summed E-state index contributed by atoms with van der Waals surface area (Å²) in [6.45, 7) is 9.05. The van der Waals surface area contributed by atoms with Crippen LogP contribution in [0.4, 0.5) is 0 Å². The molecule has 0 amide bonds. The molecule has 0 N–H and O–H groups in total. The second-order valence-corrected chi connectivity index (χ2v) is 7.71. The van der Waals surface area contributed by atoms with E-state index in [0.717, 1.165) is 43.6 Å². The van der Waals surface area contributed by atoms with E-state index < -0.39 is 0 Å². The lowest BCUT2D eigenvalue weighted by molar-refractivity contribution is -0.382.